The molecular weight excluding hydrogens is 358 g/mol. The SMILES string of the molecule is COc1cccc2[nH]cc(/C(=C3/COOC(C)(C)OC3=O)C3CCCCC3)c12. The van der Waals surface area contributed by atoms with Gasteiger partial charge in [0.25, 0.3) is 0 Å². The lowest BCUT2D eigenvalue weighted by Crippen LogP contribution is -2.29. The number of H-pyrrole nitrogens is 1. The van der Waals surface area contributed by atoms with Gasteiger partial charge in [-0.3, -0.25) is 0 Å². The summed E-state index contributed by atoms with van der Waals surface area (Å²) in [5.74, 6) is -0.450. The molecule has 28 heavy (non-hydrogen) atoms. The predicted molar refractivity (Wildman–Crippen MR) is 106 cm³/mol. The molecule has 0 amide bonds. The van der Waals surface area contributed by atoms with Crippen molar-refractivity contribution in [1.29, 1.82) is 0 Å². The minimum absolute atomic E-state index is 0.0654. The van der Waals surface area contributed by atoms with E-state index in [0.717, 1.165) is 53.5 Å². The maximum absolute atomic E-state index is 13.0. The number of fused-ring (bicyclic) bond motifs is 1. The molecule has 0 unspecified atom stereocenters. The number of nitrogens with one attached hydrogen (secondary N) is 1. The van der Waals surface area contributed by atoms with Crippen molar-refractivity contribution in [2.45, 2.75) is 51.7 Å². The largest absolute Gasteiger partial charge is 0.496 e. The Morgan fingerprint density at radius 1 is 1.21 bits per heavy atom. The van der Waals surface area contributed by atoms with Crippen LogP contribution in [0.4, 0.5) is 0 Å². The molecule has 2 aromatic rings. The second-order valence-corrected chi connectivity index (χ2v) is 7.95. The molecule has 0 bridgehead atoms. The van der Waals surface area contributed by atoms with Crippen LogP contribution in [-0.4, -0.2) is 30.5 Å². The summed E-state index contributed by atoms with van der Waals surface area (Å²) in [6.45, 7) is 3.40. The number of carbonyl (C=O) groups is 1. The van der Waals surface area contributed by atoms with Crippen molar-refractivity contribution in [3.05, 3.63) is 35.5 Å². The van der Waals surface area contributed by atoms with Gasteiger partial charge in [-0.25, -0.2) is 9.68 Å². The molecule has 2 fully saturated rings. The number of benzene rings is 1. The third-order valence-electron chi connectivity index (χ3n) is 5.56. The Labute approximate surface area is 164 Å². The Morgan fingerprint density at radius 3 is 2.75 bits per heavy atom. The molecule has 2 heterocycles. The average molecular weight is 385 g/mol. The third kappa shape index (κ3) is 3.54. The first-order valence-corrected chi connectivity index (χ1v) is 9.91. The van der Waals surface area contributed by atoms with Crippen molar-refractivity contribution < 1.29 is 24.0 Å². The maximum Gasteiger partial charge on any atom is 0.339 e. The lowest BCUT2D eigenvalue weighted by atomic mass is 9.78. The summed E-state index contributed by atoms with van der Waals surface area (Å²) >= 11 is 0. The van der Waals surface area contributed by atoms with Crippen molar-refractivity contribution in [3.63, 3.8) is 0 Å². The summed E-state index contributed by atoms with van der Waals surface area (Å²) in [7, 11) is 1.67. The molecule has 1 aromatic heterocycles. The standard InChI is InChI=1S/C22H27NO5/c1-22(2)27-21(24)16(13-26-28-22)19(14-8-5-4-6-9-14)15-12-23-17-10-7-11-18(25-3)20(15)17/h7,10-12,14,23H,4-6,8-9,13H2,1-3H3/b19-16-. The van der Waals surface area contributed by atoms with Gasteiger partial charge >= 0.3 is 5.97 Å². The van der Waals surface area contributed by atoms with Gasteiger partial charge in [-0.2, -0.15) is 4.89 Å². The van der Waals surface area contributed by atoms with Crippen LogP contribution in [0.15, 0.2) is 30.0 Å². The van der Waals surface area contributed by atoms with Crippen LogP contribution in [0.3, 0.4) is 0 Å². The number of carbonyl (C=O) groups excluding carboxylic acids is 1. The minimum Gasteiger partial charge on any atom is -0.496 e. The van der Waals surface area contributed by atoms with Gasteiger partial charge < -0.3 is 14.5 Å². The van der Waals surface area contributed by atoms with Crippen molar-refractivity contribution in [2.75, 3.05) is 13.7 Å². The summed E-state index contributed by atoms with van der Waals surface area (Å²) in [6.07, 6.45) is 7.58. The molecule has 1 saturated heterocycles. The van der Waals surface area contributed by atoms with Crippen molar-refractivity contribution in [2.24, 2.45) is 5.92 Å². The number of rotatable bonds is 3. The van der Waals surface area contributed by atoms with Gasteiger partial charge in [0.15, 0.2) is 0 Å². The fourth-order valence-electron chi connectivity index (χ4n) is 4.33. The molecule has 1 aliphatic heterocycles. The zero-order valence-electron chi connectivity index (χ0n) is 16.7. The van der Waals surface area contributed by atoms with Gasteiger partial charge in [-0.1, -0.05) is 25.3 Å². The number of hydrogen-bond acceptors (Lipinski definition) is 5. The van der Waals surface area contributed by atoms with E-state index < -0.39 is 5.79 Å². The number of aromatic nitrogens is 1. The second kappa shape index (κ2) is 7.60. The Kier molecular flexibility index (Phi) is 5.17. The fraction of sp³-hybridized carbons (Fsp3) is 0.500. The van der Waals surface area contributed by atoms with E-state index in [0.29, 0.717) is 5.57 Å². The Balaban J connectivity index is 1.91. The number of ether oxygens (including phenoxy) is 2. The van der Waals surface area contributed by atoms with Gasteiger partial charge in [0.2, 0.25) is 5.79 Å². The quantitative estimate of drug-likeness (QED) is 0.469. The number of methoxy groups -OCH3 is 1. The van der Waals surface area contributed by atoms with E-state index in [9.17, 15) is 4.79 Å². The third-order valence-corrected chi connectivity index (χ3v) is 5.56. The first kappa shape index (κ1) is 19.0. The number of allylic oxidation sites excluding steroid dienone is 1. The van der Waals surface area contributed by atoms with E-state index in [1.54, 1.807) is 21.0 Å². The zero-order chi connectivity index (χ0) is 19.7. The van der Waals surface area contributed by atoms with Crippen LogP contribution in [-0.2, 0) is 19.3 Å². The Morgan fingerprint density at radius 2 is 2.00 bits per heavy atom. The Hall–Kier alpha value is -2.31. The summed E-state index contributed by atoms with van der Waals surface area (Å²) < 4.78 is 11.2. The molecule has 0 atom stereocenters. The Bertz CT molecular complexity index is 905. The molecule has 1 N–H and O–H groups in total. The molecule has 2 aliphatic rings. The number of hydrogen-bond donors (Lipinski definition) is 1. The highest BCUT2D eigenvalue weighted by atomic mass is 17.2. The molecule has 1 saturated carbocycles. The van der Waals surface area contributed by atoms with E-state index in [2.05, 4.69) is 4.98 Å². The zero-order valence-corrected chi connectivity index (χ0v) is 16.7. The van der Waals surface area contributed by atoms with Crippen molar-refractivity contribution >= 4 is 22.4 Å². The molecule has 1 aliphatic carbocycles. The first-order chi connectivity index (χ1) is 13.5. The molecule has 150 valence electrons. The van der Waals surface area contributed by atoms with Gasteiger partial charge in [-0.15, -0.1) is 0 Å². The highest BCUT2D eigenvalue weighted by molar-refractivity contribution is 6.05. The number of cyclic esters (lactones) is 1. The molecule has 4 rings (SSSR count). The van der Waals surface area contributed by atoms with Crippen LogP contribution < -0.4 is 4.74 Å². The molecule has 6 nitrogen and oxygen atoms in total. The van der Waals surface area contributed by atoms with Crippen molar-refractivity contribution in [3.8, 4) is 5.75 Å². The number of aromatic amines is 1. The van der Waals surface area contributed by atoms with E-state index in [1.807, 2.05) is 24.4 Å². The highest BCUT2D eigenvalue weighted by Crippen LogP contribution is 2.43. The minimum atomic E-state index is -1.12. The lowest BCUT2D eigenvalue weighted by Gasteiger charge is -2.26. The van der Waals surface area contributed by atoms with Crippen LogP contribution in [0.2, 0.25) is 0 Å². The molecular formula is C22H27NO5. The fourth-order valence-corrected chi connectivity index (χ4v) is 4.33. The van der Waals surface area contributed by atoms with Crippen LogP contribution in [0.25, 0.3) is 16.5 Å². The van der Waals surface area contributed by atoms with Gasteiger partial charge in [-0.05, 0) is 36.5 Å². The van der Waals surface area contributed by atoms with Crippen LogP contribution >= 0.6 is 0 Å². The van der Waals surface area contributed by atoms with E-state index in [1.165, 1.54) is 6.42 Å². The molecule has 0 radical (unpaired) electrons. The summed E-state index contributed by atoms with van der Waals surface area (Å²) in [6, 6.07) is 5.91. The average Bonchev–Trinajstić information content (AvgIpc) is 3.05. The van der Waals surface area contributed by atoms with Gasteiger partial charge in [0.1, 0.15) is 12.4 Å². The van der Waals surface area contributed by atoms with Crippen molar-refractivity contribution in [1.82, 2.24) is 4.98 Å². The smallest absolute Gasteiger partial charge is 0.339 e. The maximum atomic E-state index is 13.0. The summed E-state index contributed by atoms with van der Waals surface area (Å²) in [5.41, 5.74) is 3.48. The summed E-state index contributed by atoms with van der Waals surface area (Å²) in [5, 5.41) is 0.982. The normalized spacial score (nSPS) is 22.6. The predicted octanol–water partition coefficient (Wildman–Crippen LogP) is 4.75. The van der Waals surface area contributed by atoms with Crippen LogP contribution in [0, 0.1) is 5.92 Å². The highest BCUT2D eigenvalue weighted by Gasteiger charge is 2.35. The topological polar surface area (TPSA) is 69.8 Å². The van der Waals surface area contributed by atoms with Gasteiger partial charge in [0.05, 0.1) is 12.7 Å². The molecule has 1 aromatic carbocycles. The molecule has 6 heteroatoms. The monoisotopic (exact) mass is 385 g/mol. The van der Waals surface area contributed by atoms with E-state index >= 15 is 0 Å². The summed E-state index contributed by atoms with van der Waals surface area (Å²) in [4.78, 5) is 27.0. The van der Waals surface area contributed by atoms with E-state index in [4.69, 9.17) is 19.2 Å². The van der Waals surface area contributed by atoms with Crippen LogP contribution in [0.5, 0.6) is 5.75 Å². The van der Waals surface area contributed by atoms with Gasteiger partial charge in [0, 0.05) is 36.5 Å². The molecule has 0 spiro atoms. The first-order valence-electron chi connectivity index (χ1n) is 9.91. The van der Waals surface area contributed by atoms with Crippen LogP contribution in [0.1, 0.15) is 51.5 Å². The van der Waals surface area contributed by atoms with E-state index in [-0.39, 0.29) is 18.5 Å². The number of esters is 1. The lowest BCUT2D eigenvalue weighted by molar-refractivity contribution is -0.395. The second-order valence-electron chi connectivity index (χ2n) is 7.95.